The Labute approximate surface area is 125 Å². The Bertz CT molecular complexity index is 631. The Kier molecular flexibility index (Phi) is 4.94. The van der Waals surface area contributed by atoms with Crippen molar-refractivity contribution in [2.75, 3.05) is 19.3 Å². The normalized spacial score (nSPS) is 12.1. The number of nitrogens with two attached hydrogens (primary N) is 1. The van der Waals surface area contributed by atoms with E-state index in [9.17, 15) is 5.11 Å². The molecule has 4 nitrogen and oxygen atoms in total. The lowest BCUT2D eigenvalue weighted by Gasteiger charge is -2.21. The highest BCUT2D eigenvalue weighted by molar-refractivity contribution is 5.40. The number of likely N-dealkylation sites (N-methyl/N-ethyl adjacent to an activating group) is 1. The molecular formula is C17H19N3O. The fourth-order valence-corrected chi connectivity index (χ4v) is 2.23. The molecule has 3 N–H and O–H groups in total. The van der Waals surface area contributed by atoms with Crippen LogP contribution in [0.2, 0.25) is 0 Å². The summed E-state index contributed by atoms with van der Waals surface area (Å²) in [5, 5.41) is 19.1. The molecule has 0 heterocycles. The predicted molar refractivity (Wildman–Crippen MR) is 83.3 cm³/mol. The summed E-state index contributed by atoms with van der Waals surface area (Å²) in [5.74, 6) is 0. The van der Waals surface area contributed by atoms with Crippen molar-refractivity contribution in [3.05, 3.63) is 65.2 Å². The zero-order valence-electron chi connectivity index (χ0n) is 12.0. The van der Waals surface area contributed by atoms with Gasteiger partial charge in [-0.05, 0) is 42.4 Å². The minimum Gasteiger partial charge on any atom is -0.399 e. The number of nitriles is 1. The molecule has 2 rings (SSSR count). The fourth-order valence-electron chi connectivity index (χ4n) is 2.23. The smallest absolute Gasteiger partial charge is 0.0991 e. The molecule has 0 fully saturated rings. The van der Waals surface area contributed by atoms with Gasteiger partial charge in [0.15, 0.2) is 0 Å². The van der Waals surface area contributed by atoms with Gasteiger partial charge in [0.05, 0.1) is 17.7 Å². The van der Waals surface area contributed by atoms with Gasteiger partial charge < -0.3 is 10.8 Å². The van der Waals surface area contributed by atoms with Gasteiger partial charge in [0.1, 0.15) is 0 Å². The zero-order valence-corrected chi connectivity index (χ0v) is 12.0. The quantitative estimate of drug-likeness (QED) is 0.825. The van der Waals surface area contributed by atoms with Gasteiger partial charge in [0.2, 0.25) is 0 Å². The number of aliphatic hydroxyl groups excluding tert-OH is 1. The molecule has 0 aliphatic rings. The number of rotatable bonds is 5. The molecule has 2 aromatic rings. The van der Waals surface area contributed by atoms with E-state index >= 15 is 0 Å². The van der Waals surface area contributed by atoms with Crippen molar-refractivity contribution >= 4 is 5.69 Å². The highest BCUT2D eigenvalue weighted by atomic mass is 16.3. The third-order valence-electron chi connectivity index (χ3n) is 3.31. The van der Waals surface area contributed by atoms with E-state index in [2.05, 4.69) is 6.07 Å². The van der Waals surface area contributed by atoms with Gasteiger partial charge in [-0.15, -0.1) is 0 Å². The highest BCUT2D eigenvalue weighted by Gasteiger charge is 2.11. The first-order chi connectivity index (χ1) is 10.1. The van der Waals surface area contributed by atoms with Crippen LogP contribution in [0.4, 0.5) is 5.69 Å². The van der Waals surface area contributed by atoms with Crippen molar-refractivity contribution in [1.82, 2.24) is 4.90 Å². The molecule has 2 aromatic carbocycles. The van der Waals surface area contributed by atoms with Crippen LogP contribution in [0.15, 0.2) is 48.5 Å². The van der Waals surface area contributed by atoms with E-state index in [0.717, 1.165) is 11.1 Å². The van der Waals surface area contributed by atoms with Gasteiger partial charge in [-0.25, -0.2) is 0 Å². The summed E-state index contributed by atoms with van der Waals surface area (Å²) >= 11 is 0. The number of benzene rings is 2. The van der Waals surface area contributed by atoms with Gasteiger partial charge in [-0.2, -0.15) is 5.26 Å². The Morgan fingerprint density at radius 3 is 2.62 bits per heavy atom. The number of hydrogen-bond acceptors (Lipinski definition) is 4. The van der Waals surface area contributed by atoms with Gasteiger partial charge >= 0.3 is 0 Å². The van der Waals surface area contributed by atoms with Crippen molar-refractivity contribution in [3.63, 3.8) is 0 Å². The first-order valence-electron chi connectivity index (χ1n) is 6.79. The van der Waals surface area contributed by atoms with Gasteiger partial charge in [-0.1, -0.05) is 24.3 Å². The second-order valence-electron chi connectivity index (χ2n) is 5.19. The zero-order chi connectivity index (χ0) is 15.2. The van der Waals surface area contributed by atoms with Crippen molar-refractivity contribution in [2.24, 2.45) is 0 Å². The minimum atomic E-state index is -0.560. The monoisotopic (exact) mass is 281 g/mol. The van der Waals surface area contributed by atoms with E-state index in [0.29, 0.717) is 24.3 Å². The van der Waals surface area contributed by atoms with Crippen molar-refractivity contribution < 1.29 is 5.11 Å². The van der Waals surface area contributed by atoms with E-state index in [4.69, 9.17) is 11.0 Å². The maximum absolute atomic E-state index is 10.2. The van der Waals surface area contributed by atoms with Crippen LogP contribution in [0.3, 0.4) is 0 Å². The third kappa shape index (κ3) is 4.32. The Morgan fingerprint density at radius 1 is 1.24 bits per heavy atom. The maximum atomic E-state index is 10.2. The second-order valence-corrected chi connectivity index (χ2v) is 5.19. The predicted octanol–water partition coefficient (Wildman–Crippen LogP) is 2.31. The van der Waals surface area contributed by atoms with E-state index in [1.54, 1.807) is 18.2 Å². The van der Waals surface area contributed by atoms with Gasteiger partial charge in [0, 0.05) is 18.8 Å². The van der Waals surface area contributed by atoms with Crippen LogP contribution >= 0.6 is 0 Å². The summed E-state index contributed by atoms with van der Waals surface area (Å²) in [7, 11) is 1.94. The third-order valence-corrected chi connectivity index (χ3v) is 3.31. The van der Waals surface area contributed by atoms with Crippen LogP contribution in [-0.4, -0.2) is 23.6 Å². The average molecular weight is 281 g/mol. The maximum Gasteiger partial charge on any atom is 0.0991 e. The van der Waals surface area contributed by atoms with Crippen LogP contribution in [0, 0.1) is 11.3 Å². The number of anilines is 1. The van der Waals surface area contributed by atoms with Crippen LogP contribution in [0.5, 0.6) is 0 Å². The largest absolute Gasteiger partial charge is 0.399 e. The molecule has 0 aliphatic carbocycles. The molecular weight excluding hydrogens is 262 g/mol. The molecule has 0 bridgehead atoms. The van der Waals surface area contributed by atoms with E-state index in [1.165, 1.54) is 0 Å². The molecule has 0 spiro atoms. The number of hydrogen-bond donors (Lipinski definition) is 2. The van der Waals surface area contributed by atoms with E-state index in [-0.39, 0.29) is 0 Å². The Balaban J connectivity index is 1.96. The van der Waals surface area contributed by atoms with Gasteiger partial charge in [0.25, 0.3) is 0 Å². The first-order valence-corrected chi connectivity index (χ1v) is 6.79. The molecule has 4 heteroatoms. The van der Waals surface area contributed by atoms with Gasteiger partial charge in [-0.3, -0.25) is 4.90 Å². The summed E-state index contributed by atoms with van der Waals surface area (Å²) < 4.78 is 0. The fraction of sp³-hybridized carbons (Fsp3) is 0.235. The van der Waals surface area contributed by atoms with E-state index < -0.39 is 6.10 Å². The van der Waals surface area contributed by atoms with Crippen LogP contribution < -0.4 is 5.73 Å². The first kappa shape index (κ1) is 15.0. The van der Waals surface area contributed by atoms with Crippen LogP contribution in [-0.2, 0) is 6.54 Å². The highest BCUT2D eigenvalue weighted by Crippen LogP contribution is 2.16. The minimum absolute atomic E-state index is 0.515. The van der Waals surface area contributed by atoms with Crippen molar-refractivity contribution in [3.8, 4) is 6.07 Å². The molecule has 1 atom stereocenters. The van der Waals surface area contributed by atoms with E-state index in [1.807, 2.05) is 42.3 Å². The van der Waals surface area contributed by atoms with Crippen LogP contribution in [0.25, 0.3) is 0 Å². The molecule has 0 saturated heterocycles. The molecule has 0 radical (unpaired) electrons. The number of nitrogen functional groups attached to an aromatic ring is 1. The van der Waals surface area contributed by atoms with Crippen LogP contribution in [0.1, 0.15) is 22.8 Å². The van der Waals surface area contributed by atoms with Crippen molar-refractivity contribution in [2.45, 2.75) is 12.6 Å². The SMILES string of the molecule is CN(Cc1cccc(C#N)c1)CC(O)c1ccc(N)cc1. The lowest BCUT2D eigenvalue weighted by atomic mass is 10.1. The summed E-state index contributed by atoms with van der Waals surface area (Å²) in [5.41, 5.74) is 8.89. The number of nitrogens with zero attached hydrogens (tertiary/aromatic N) is 2. The molecule has 108 valence electrons. The molecule has 0 aliphatic heterocycles. The average Bonchev–Trinajstić information content (AvgIpc) is 2.47. The molecule has 0 saturated carbocycles. The molecule has 1 unspecified atom stereocenters. The lowest BCUT2D eigenvalue weighted by Crippen LogP contribution is -2.24. The molecule has 0 amide bonds. The standard InChI is InChI=1S/C17H19N3O/c1-20(11-14-4-2-3-13(9-14)10-18)12-17(21)15-5-7-16(19)8-6-15/h2-9,17,21H,11-12,19H2,1H3. The van der Waals surface area contributed by atoms with Crippen molar-refractivity contribution in [1.29, 1.82) is 5.26 Å². The summed E-state index contributed by atoms with van der Waals surface area (Å²) in [6.45, 7) is 1.20. The lowest BCUT2D eigenvalue weighted by molar-refractivity contribution is 0.124. The summed E-state index contributed by atoms with van der Waals surface area (Å²) in [4.78, 5) is 2.03. The molecule has 0 aromatic heterocycles. The molecule has 21 heavy (non-hydrogen) atoms. The Hall–Kier alpha value is -2.35. The second kappa shape index (κ2) is 6.89. The number of aliphatic hydroxyl groups is 1. The topological polar surface area (TPSA) is 73.3 Å². The Morgan fingerprint density at radius 2 is 1.95 bits per heavy atom. The summed E-state index contributed by atoms with van der Waals surface area (Å²) in [6, 6.07) is 16.9. The summed E-state index contributed by atoms with van der Waals surface area (Å²) in [6.07, 6.45) is -0.560.